The summed E-state index contributed by atoms with van der Waals surface area (Å²) >= 11 is 0. The van der Waals surface area contributed by atoms with Crippen molar-refractivity contribution in [3.05, 3.63) is 11.6 Å². The Labute approximate surface area is 72.3 Å². The van der Waals surface area contributed by atoms with Gasteiger partial charge in [-0.25, -0.2) is 0 Å². The summed E-state index contributed by atoms with van der Waals surface area (Å²) in [5.41, 5.74) is 0.347. The van der Waals surface area contributed by atoms with E-state index < -0.39 is 5.60 Å². The fourth-order valence-electron chi connectivity index (χ4n) is 2.33. The summed E-state index contributed by atoms with van der Waals surface area (Å²) in [6, 6.07) is 0. The molecule has 2 atom stereocenters. The number of carbonyl (C=O) groups excluding carboxylic acids is 1. The lowest BCUT2D eigenvalue weighted by atomic mass is 9.80. The second kappa shape index (κ2) is 2.43. The highest BCUT2D eigenvalue weighted by atomic mass is 16.3. The Morgan fingerprint density at radius 3 is 3.08 bits per heavy atom. The van der Waals surface area contributed by atoms with E-state index >= 15 is 0 Å². The van der Waals surface area contributed by atoms with Crippen LogP contribution in [0.25, 0.3) is 0 Å². The molecule has 1 saturated carbocycles. The average Bonchev–Trinajstić information content (AvgIpc) is 2.31. The zero-order valence-corrected chi connectivity index (χ0v) is 7.34. The number of hydrogen-bond acceptors (Lipinski definition) is 2. The van der Waals surface area contributed by atoms with Crippen molar-refractivity contribution in [2.45, 2.75) is 38.2 Å². The van der Waals surface area contributed by atoms with E-state index in [2.05, 4.69) is 6.92 Å². The van der Waals surface area contributed by atoms with Gasteiger partial charge in [0.05, 0.1) is 5.60 Å². The number of ketones is 1. The number of hydrogen-bond donors (Lipinski definition) is 1. The first-order valence-corrected chi connectivity index (χ1v) is 4.59. The predicted octanol–water partition coefficient (Wildman–Crippen LogP) is 1.44. The van der Waals surface area contributed by atoms with Crippen molar-refractivity contribution in [2.24, 2.45) is 5.92 Å². The van der Waals surface area contributed by atoms with Gasteiger partial charge in [0.25, 0.3) is 0 Å². The monoisotopic (exact) mass is 166 g/mol. The summed E-state index contributed by atoms with van der Waals surface area (Å²) in [4.78, 5) is 11.1. The molecule has 12 heavy (non-hydrogen) atoms. The van der Waals surface area contributed by atoms with Crippen LogP contribution in [0.4, 0.5) is 0 Å². The maximum Gasteiger partial charge on any atom is 0.155 e. The first-order chi connectivity index (χ1) is 5.63. The SMILES string of the molecule is C[C@@H]1CCC2=CC(=O)CCC21O. The minimum Gasteiger partial charge on any atom is -0.385 e. The molecule has 2 aliphatic rings. The minimum absolute atomic E-state index is 0.184. The number of fused-ring (bicyclic) bond motifs is 1. The van der Waals surface area contributed by atoms with Gasteiger partial charge >= 0.3 is 0 Å². The molecule has 0 saturated heterocycles. The molecule has 66 valence electrons. The molecule has 0 aliphatic heterocycles. The number of carbonyl (C=O) groups is 1. The lowest BCUT2D eigenvalue weighted by molar-refractivity contribution is -0.117. The van der Waals surface area contributed by atoms with Crippen LogP contribution in [0.1, 0.15) is 32.6 Å². The molecule has 0 aromatic rings. The fraction of sp³-hybridized carbons (Fsp3) is 0.700. The topological polar surface area (TPSA) is 37.3 Å². The third-order valence-electron chi connectivity index (χ3n) is 3.31. The van der Waals surface area contributed by atoms with Gasteiger partial charge in [-0.05, 0) is 36.8 Å². The Hall–Kier alpha value is -0.630. The first-order valence-electron chi connectivity index (χ1n) is 4.59. The third kappa shape index (κ3) is 0.944. The molecule has 2 rings (SSSR count). The zero-order chi connectivity index (χ0) is 8.77. The Morgan fingerprint density at radius 1 is 1.58 bits per heavy atom. The van der Waals surface area contributed by atoms with Crippen molar-refractivity contribution >= 4 is 5.78 Å². The zero-order valence-electron chi connectivity index (χ0n) is 7.34. The van der Waals surface area contributed by atoms with Crippen LogP contribution in [0.2, 0.25) is 0 Å². The van der Waals surface area contributed by atoms with Crippen LogP contribution in [0, 0.1) is 5.92 Å². The lowest BCUT2D eigenvalue weighted by Crippen LogP contribution is -2.36. The number of rotatable bonds is 0. The molecule has 2 nitrogen and oxygen atoms in total. The molecule has 0 aromatic heterocycles. The predicted molar refractivity (Wildman–Crippen MR) is 45.7 cm³/mol. The highest BCUT2D eigenvalue weighted by molar-refractivity contribution is 5.92. The van der Waals surface area contributed by atoms with Gasteiger partial charge in [-0.1, -0.05) is 6.92 Å². The van der Waals surface area contributed by atoms with E-state index in [-0.39, 0.29) is 5.78 Å². The maximum atomic E-state index is 11.1. The Kier molecular flexibility index (Phi) is 1.62. The molecular formula is C10H14O2. The van der Waals surface area contributed by atoms with Crippen LogP contribution in [0.5, 0.6) is 0 Å². The summed E-state index contributed by atoms with van der Waals surface area (Å²) in [6.07, 6.45) is 4.75. The summed E-state index contributed by atoms with van der Waals surface area (Å²) in [5.74, 6) is 0.514. The quantitative estimate of drug-likeness (QED) is 0.591. The summed E-state index contributed by atoms with van der Waals surface area (Å²) in [6.45, 7) is 2.07. The summed E-state index contributed by atoms with van der Waals surface area (Å²) in [5, 5.41) is 10.2. The van der Waals surface area contributed by atoms with Crippen molar-refractivity contribution in [1.82, 2.24) is 0 Å². The molecule has 1 N–H and O–H groups in total. The van der Waals surface area contributed by atoms with Crippen LogP contribution in [0.3, 0.4) is 0 Å². The van der Waals surface area contributed by atoms with E-state index in [1.165, 1.54) is 0 Å². The molecular weight excluding hydrogens is 152 g/mol. The molecule has 0 amide bonds. The van der Waals surface area contributed by atoms with Crippen molar-refractivity contribution in [1.29, 1.82) is 0 Å². The average molecular weight is 166 g/mol. The normalized spacial score (nSPS) is 41.0. The standard InChI is InChI=1S/C10H14O2/c1-7-2-3-8-6-9(11)4-5-10(7,8)12/h6-7,12H,2-5H2,1H3/t7-,10?/m1/s1. The minimum atomic E-state index is -0.631. The van der Waals surface area contributed by atoms with Crippen LogP contribution in [-0.4, -0.2) is 16.5 Å². The van der Waals surface area contributed by atoms with Crippen molar-refractivity contribution in [2.75, 3.05) is 0 Å². The van der Waals surface area contributed by atoms with Gasteiger partial charge in [-0.15, -0.1) is 0 Å². The van der Waals surface area contributed by atoms with Crippen molar-refractivity contribution in [3.63, 3.8) is 0 Å². The molecule has 0 radical (unpaired) electrons. The van der Waals surface area contributed by atoms with E-state index in [9.17, 15) is 9.90 Å². The highest BCUT2D eigenvalue weighted by Gasteiger charge is 2.44. The van der Waals surface area contributed by atoms with Gasteiger partial charge in [0.2, 0.25) is 0 Å². The largest absolute Gasteiger partial charge is 0.385 e. The third-order valence-corrected chi connectivity index (χ3v) is 3.31. The van der Waals surface area contributed by atoms with Gasteiger partial charge in [0, 0.05) is 6.42 Å². The molecule has 0 spiro atoms. The molecule has 1 fully saturated rings. The van der Waals surface area contributed by atoms with Crippen molar-refractivity contribution in [3.8, 4) is 0 Å². The molecule has 2 heteroatoms. The number of allylic oxidation sites excluding steroid dienone is 1. The second-order valence-electron chi connectivity index (χ2n) is 4.00. The molecule has 0 heterocycles. The van der Waals surface area contributed by atoms with Crippen LogP contribution >= 0.6 is 0 Å². The van der Waals surface area contributed by atoms with Gasteiger partial charge in [0.1, 0.15) is 0 Å². The smallest absolute Gasteiger partial charge is 0.155 e. The Balaban J connectivity index is 2.37. The van der Waals surface area contributed by atoms with Gasteiger partial charge < -0.3 is 5.11 Å². The summed E-state index contributed by atoms with van der Waals surface area (Å²) < 4.78 is 0. The molecule has 0 bridgehead atoms. The van der Waals surface area contributed by atoms with Crippen LogP contribution in [0.15, 0.2) is 11.6 Å². The number of aliphatic hydroxyl groups is 1. The maximum absolute atomic E-state index is 11.1. The Bertz CT molecular complexity index is 255. The van der Waals surface area contributed by atoms with Crippen LogP contribution < -0.4 is 0 Å². The molecule has 0 aromatic carbocycles. The molecule has 1 unspecified atom stereocenters. The first kappa shape index (κ1) is 7.99. The van der Waals surface area contributed by atoms with E-state index in [1.807, 2.05) is 0 Å². The van der Waals surface area contributed by atoms with Gasteiger partial charge in [-0.2, -0.15) is 0 Å². The lowest BCUT2D eigenvalue weighted by Gasteiger charge is -2.31. The van der Waals surface area contributed by atoms with E-state index in [0.717, 1.165) is 18.4 Å². The second-order valence-corrected chi connectivity index (χ2v) is 4.00. The Morgan fingerprint density at radius 2 is 2.33 bits per heavy atom. The fourth-order valence-corrected chi connectivity index (χ4v) is 2.33. The molecule has 2 aliphatic carbocycles. The highest BCUT2D eigenvalue weighted by Crippen LogP contribution is 2.45. The summed E-state index contributed by atoms with van der Waals surface area (Å²) in [7, 11) is 0. The van der Waals surface area contributed by atoms with Gasteiger partial charge in [-0.3, -0.25) is 4.79 Å². The van der Waals surface area contributed by atoms with Crippen LogP contribution in [-0.2, 0) is 4.79 Å². The van der Waals surface area contributed by atoms with E-state index in [1.54, 1.807) is 6.08 Å². The van der Waals surface area contributed by atoms with Gasteiger partial charge in [0.15, 0.2) is 5.78 Å². The van der Waals surface area contributed by atoms with Crippen molar-refractivity contribution < 1.29 is 9.90 Å². The van der Waals surface area contributed by atoms with E-state index in [4.69, 9.17) is 0 Å². The van der Waals surface area contributed by atoms with E-state index in [0.29, 0.717) is 18.8 Å².